The maximum Gasteiger partial charge on any atom is 0.256 e. The molecule has 0 radical (unpaired) electrons. The summed E-state index contributed by atoms with van der Waals surface area (Å²) >= 11 is 0. The predicted molar refractivity (Wildman–Crippen MR) is 86.0 cm³/mol. The monoisotopic (exact) mass is 316 g/mol. The number of benzene rings is 1. The second-order valence-electron chi connectivity index (χ2n) is 6.57. The third-order valence-corrected chi connectivity index (χ3v) is 5.15. The maximum absolute atomic E-state index is 13.6. The van der Waals surface area contributed by atoms with Gasteiger partial charge < -0.3 is 14.6 Å². The highest BCUT2D eigenvalue weighted by Gasteiger charge is 2.38. The molecule has 2 aliphatic rings. The molecule has 23 heavy (non-hydrogen) atoms. The summed E-state index contributed by atoms with van der Waals surface area (Å²) in [4.78, 5) is 18.3. The van der Waals surface area contributed by atoms with Crippen molar-refractivity contribution in [3.8, 4) is 0 Å². The second kappa shape index (κ2) is 5.64. The molecule has 4 nitrogen and oxygen atoms in total. The van der Waals surface area contributed by atoms with Gasteiger partial charge in [-0.05, 0) is 38.0 Å². The second-order valence-corrected chi connectivity index (χ2v) is 6.57. The van der Waals surface area contributed by atoms with Crippen molar-refractivity contribution in [2.45, 2.75) is 44.8 Å². The fourth-order valence-corrected chi connectivity index (χ4v) is 4.07. The maximum atomic E-state index is 13.6. The first-order valence-corrected chi connectivity index (χ1v) is 8.35. The van der Waals surface area contributed by atoms with E-state index in [0.717, 1.165) is 30.5 Å². The topological polar surface area (TPSA) is 45.3 Å². The number of carbonyl (C=O) groups is 1. The number of morpholine rings is 1. The number of fused-ring (bicyclic) bond motifs is 2. The molecule has 2 unspecified atom stereocenters. The number of rotatable bonds is 1. The molecule has 2 heterocycles. The van der Waals surface area contributed by atoms with Crippen molar-refractivity contribution in [1.29, 1.82) is 0 Å². The normalized spacial score (nSPS) is 24.7. The molecular formula is C18H21FN2O2. The molecule has 1 aromatic carbocycles. The Morgan fingerprint density at radius 3 is 3.04 bits per heavy atom. The fourth-order valence-electron chi connectivity index (χ4n) is 4.07. The van der Waals surface area contributed by atoms with Gasteiger partial charge in [0.25, 0.3) is 5.91 Å². The van der Waals surface area contributed by atoms with E-state index < -0.39 is 0 Å². The van der Waals surface area contributed by atoms with Crippen molar-refractivity contribution in [3.63, 3.8) is 0 Å². The number of nitrogens with zero attached hydrogens (tertiary/aromatic N) is 1. The lowest BCUT2D eigenvalue weighted by Gasteiger charge is -2.43. The molecular weight excluding hydrogens is 295 g/mol. The van der Waals surface area contributed by atoms with Crippen LogP contribution in [-0.2, 0) is 4.74 Å². The SMILES string of the molecule is Cc1[nH]c2ccc(F)cc2c1C(=O)N1CCOC2CCCCC21. The Hall–Kier alpha value is -1.88. The van der Waals surface area contributed by atoms with Crippen molar-refractivity contribution in [1.82, 2.24) is 9.88 Å². The van der Waals surface area contributed by atoms with Crippen LogP contribution in [0.4, 0.5) is 4.39 Å². The molecule has 1 aliphatic heterocycles. The number of H-pyrrole nitrogens is 1. The third-order valence-electron chi connectivity index (χ3n) is 5.15. The van der Waals surface area contributed by atoms with Gasteiger partial charge in [-0.15, -0.1) is 0 Å². The number of nitrogens with one attached hydrogen (secondary N) is 1. The highest BCUT2D eigenvalue weighted by Crippen LogP contribution is 2.31. The Kier molecular flexibility index (Phi) is 3.60. The van der Waals surface area contributed by atoms with Crippen LogP contribution in [0.25, 0.3) is 10.9 Å². The number of amides is 1. The van der Waals surface area contributed by atoms with E-state index in [1.165, 1.54) is 18.6 Å². The molecule has 1 N–H and O–H groups in total. The third kappa shape index (κ3) is 2.43. The molecule has 1 aromatic heterocycles. The lowest BCUT2D eigenvalue weighted by Crippen LogP contribution is -2.54. The highest BCUT2D eigenvalue weighted by atomic mass is 19.1. The van der Waals surface area contributed by atoms with Crippen LogP contribution in [0.15, 0.2) is 18.2 Å². The number of hydrogen-bond acceptors (Lipinski definition) is 2. The van der Waals surface area contributed by atoms with Gasteiger partial charge in [-0.25, -0.2) is 4.39 Å². The smallest absolute Gasteiger partial charge is 0.256 e. The van der Waals surface area contributed by atoms with Crippen LogP contribution in [0.5, 0.6) is 0 Å². The van der Waals surface area contributed by atoms with Crippen molar-refractivity contribution in [2.75, 3.05) is 13.2 Å². The summed E-state index contributed by atoms with van der Waals surface area (Å²) in [5, 5.41) is 0.673. The molecule has 4 rings (SSSR count). The van der Waals surface area contributed by atoms with Gasteiger partial charge in [0, 0.05) is 23.1 Å². The van der Waals surface area contributed by atoms with Gasteiger partial charge in [-0.3, -0.25) is 4.79 Å². The van der Waals surface area contributed by atoms with Crippen molar-refractivity contribution >= 4 is 16.8 Å². The van der Waals surface area contributed by atoms with E-state index in [4.69, 9.17) is 4.74 Å². The minimum atomic E-state index is -0.317. The number of ether oxygens (including phenoxy) is 1. The minimum Gasteiger partial charge on any atom is -0.374 e. The number of carbonyl (C=O) groups excluding carboxylic acids is 1. The number of aryl methyl sites for hydroxylation is 1. The van der Waals surface area contributed by atoms with Crippen LogP contribution < -0.4 is 0 Å². The molecule has 2 atom stereocenters. The summed E-state index contributed by atoms with van der Waals surface area (Å²) in [5.74, 6) is -0.317. The van der Waals surface area contributed by atoms with Crippen molar-refractivity contribution in [2.24, 2.45) is 0 Å². The van der Waals surface area contributed by atoms with Crippen molar-refractivity contribution in [3.05, 3.63) is 35.3 Å². The average Bonchev–Trinajstić information content (AvgIpc) is 2.89. The standard InChI is InChI=1S/C18H21FN2O2/c1-11-17(13-10-12(19)6-7-14(13)20-11)18(22)21-8-9-23-16-5-3-2-4-15(16)21/h6-7,10,15-16,20H,2-5,8-9H2,1H3. The molecule has 1 saturated carbocycles. The first kappa shape index (κ1) is 14.7. The van der Waals surface area contributed by atoms with Gasteiger partial charge in [0.05, 0.1) is 24.3 Å². The van der Waals surface area contributed by atoms with E-state index in [0.29, 0.717) is 24.1 Å². The van der Waals surface area contributed by atoms with Crippen LogP contribution >= 0.6 is 0 Å². The number of aromatic nitrogens is 1. The van der Waals surface area contributed by atoms with Gasteiger partial charge >= 0.3 is 0 Å². The summed E-state index contributed by atoms with van der Waals surface area (Å²) in [6.45, 7) is 3.08. The Morgan fingerprint density at radius 2 is 2.17 bits per heavy atom. The summed E-state index contributed by atoms with van der Waals surface area (Å²) in [5.41, 5.74) is 2.21. The molecule has 122 valence electrons. The van der Waals surface area contributed by atoms with Gasteiger partial charge in [0.15, 0.2) is 0 Å². The summed E-state index contributed by atoms with van der Waals surface area (Å²) in [6, 6.07) is 4.71. The van der Waals surface area contributed by atoms with Crippen LogP contribution in [0.1, 0.15) is 41.7 Å². The molecule has 2 aromatic rings. The Labute approximate surface area is 134 Å². The zero-order valence-electron chi connectivity index (χ0n) is 13.3. The first-order valence-electron chi connectivity index (χ1n) is 8.35. The van der Waals surface area contributed by atoms with E-state index >= 15 is 0 Å². The van der Waals surface area contributed by atoms with Crippen LogP contribution in [0, 0.1) is 12.7 Å². The quantitative estimate of drug-likeness (QED) is 0.876. The van der Waals surface area contributed by atoms with Gasteiger partial charge in [-0.2, -0.15) is 0 Å². The van der Waals surface area contributed by atoms with E-state index in [9.17, 15) is 9.18 Å². The zero-order valence-corrected chi connectivity index (χ0v) is 13.3. The zero-order chi connectivity index (χ0) is 16.0. The lowest BCUT2D eigenvalue weighted by molar-refractivity contribution is -0.0752. The van der Waals surface area contributed by atoms with Crippen LogP contribution in [0.3, 0.4) is 0 Å². The van der Waals surface area contributed by atoms with E-state index in [1.807, 2.05) is 11.8 Å². The lowest BCUT2D eigenvalue weighted by atomic mass is 9.89. The fraction of sp³-hybridized carbons (Fsp3) is 0.500. The number of halogens is 1. The number of aromatic amines is 1. The molecule has 1 amide bonds. The van der Waals surface area contributed by atoms with Gasteiger partial charge in [0.2, 0.25) is 0 Å². The Morgan fingerprint density at radius 1 is 1.35 bits per heavy atom. The van der Waals surface area contributed by atoms with Crippen LogP contribution in [-0.4, -0.2) is 41.1 Å². The van der Waals surface area contributed by atoms with E-state index in [2.05, 4.69) is 4.98 Å². The molecule has 5 heteroatoms. The predicted octanol–water partition coefficient (Wildman–Crippen LogP) is 3.40. The number of hydrogen-bond donors (Lipinski definition) is 1. The Balaban J connectivity index is 1.73. The van der Waals surface area contributed by atoms with E-state index in [-0.39, 0.29) is 23.9 Å². The molecule has 2 fully saturated rings. The van der Waals surface area contributed by atoms with Crippen molar-refractivity contribution < 1.29 is 13.9 Å². The van der Waals surface area contributed by atoms with Gasteiger partial charge in [0.1, 0.15) is 5.82 Å². The molecule has 0 bridgehead atoms. The summed E-state index contributed by atoms with van der Waals surface area (Å²) < 4.78 is 19.5. The van der Waals surface area contributed by atoms with E-state index in [1.54, 1.807) is 6.07 Å². The first-order chi connectivity index (χ1) is 11.1. The molecule has 1 saturated heterocycles. The largest absolute Gasteiger partial charge is 0.374 e. The van der Waals surface area contributed by atoms with Gasteiger partial charge in [-0.1, -0.05) is 12.8 Å². The summed E-state index contributed by atoms with van der Waals surface area (Å²) in [6.07, 6.45) is 4.47. The van der Waals surface area contributed by atoms with Crippen LogP contribution in [0.2, 0.25) is 0 Å². The Bertz CT molecular complexity index is 753. The minimum absolute atomic E-state index is 0.000417. The summed E-state index contributed by atoms with van der Waals surface area (Å²) in [7, 11) is 0. The highest BCUT2D eigenvalue weighted by molar-refractivity contribution is 6.08. The average molecular weight is 316 g/mol. The molecule has 0 spiro atoms. The molecule has 1 aliphatic carbocycles.